The molecule has 0 heterocycles. The van der Waals surface area contributed by atoms with Gasteiger partial charge in [-0.1, -0.05) is 129 Å². The Morgan fingerprint density at radius 1 is 0.676 bits per heavy atom. The standard InChI is InChI=1S/C33H49ClO3/c1-4-6-7-8-9-10-11-12-13-14-15-16-17-26-36-30-22-18-28(19-23-30)29-20-24-31(25-21-29)37-33(35)32(34)27(3)5-2/h18-25,27,32H,4-17,26H2,1-3H3. The van der Waals surface area contributed by atoms with Gasteiger partial charge in [0, 0.05) is 0 Å². The number of hydrogen-bond acceptors (Lipinski definition) is 3. The molecular formula is C33H49ClO3. The second kappa shape index (κ2) is 19.1. The summed E-state index contributed by atoms with van der Waals surface area (Å²) < 4.78 is 11.4. The predicted molar refractivity (Wildman–Crippen MR) is 158 cm³/mol. The molecule has 2 unspecified atom stereocenters. The maximum absolute atomic E-state index is 12.2. The van der Waals surface area contributed by atoms with E-state index in [1.165, 1.54) is 77.0 Å². The Morgan fingerprint density at radius 3 is 1.57 bits per heavy atom. The van der Waals surface area contributed by atoms with Gasteiger partial charge < -0.3 is 9.47 Å². The summed E-state index contributed by atoms with van der Waals surface area (Å²) in [5.41, 5.74) is 2.16. The van der Waals surface area contributed by atoms with E-state index in [2.05, 4.69) is 19.1 Å². The molecule has 0 fully saturated rings. The van der Waals surface area contributed by atoms with Crippen molar-refractivity contribution in [1.82, 2.24) is 0 Å². The SMILES string of the molecule is CCCCCCCCCCCCCCCOc1ccc(-c2ccc(OC(=O)C(Cl)C(C)CC)cc2)cc1. The Hall–Kier alpha value is -2.00. The van der Waals surface area contributed by atoms with Gasteiger partial charge in [-0.2, -0.15) is 0 Å². The number of alkyl halides is 1. The van der Waals surface area contributed by atoms with Gasteiger partial charge in [0.2, 0.25) is 0 Å². The van der Waals surface area contributed by atoms with Crippen molar-refractivity contribution in [3.05, 3.63) is 48.5 Å². The largest absolute Gasteiger partial charge is 0.494 e. The Bertz CT molecular complexity index is 847. The molecule has 0 aliphatic carbocycles. The highest BCUT2D eigenvalue weighted by Crippen LogP contribution is 2.26. The fourth-order valence-electron chi connectivity index (χ4n) is 4.38. The molecule has 0 saturated carbocycles. The number of hydrogen-bond donors (Lipinski definition) is 0. The van der Waals surface area contributed by atoms with Crippen molar-refractivity contribution in [2.45, 2.75) is 116 Å². The van der Waals surface area contributed by atoms with Crippen molar-refractivity contribution in [1.29, 1.82) is 0 Å². The first-order chi connectivity index (χ1) is 18.0. The van der Waals surface area contributed by atoms with Crippen molar-refractivity contribution < 1.29 is 14.3 Å². The summed E-state index contributed by atoms with van der Waals surface area (Å²) in [4.78, 5) is 12.2. The molecule has 4 heteroatoms. The van der Waals surface area contributed by atoms with Crippen molar-refractivity contribution in [3.63, 3.8) is 0 Å². The van der Waals surface area contributed by atoms with E-state index in [9.17, 15) is 4.79 Å². The number of benzene rings is 2. The van der Waals surface area contributed by atoms with Crippen LogP contribution < -0.4 is 9.47 Å². The van der Waals surface area contributed by atoms with Crippen molar-refractivity contribution in [2.75, 3.05) is 6.61 Å². The van der Waals surface area contributed by atoms with E-state index in [0.29, 0.717) is 5.75 Å². The quantitative estimate of drug-likeness (QED) is 0.0741. The molecule has 0 aliphatic rings. The van der Waals surface area contributed by atoms with Crippen LogP contribution in [0, 0.1) is 5.92 Å². The molecule has 2 atom stereocenters. The first-order valence-electron chi connectivity index (χ1n) is 14.7. The molecule has 2 aromatic rings. The average molecular weight is 529 g/mol. The molecule has 0 radical (unpaired) electrons. The Kier molecular flexibility index (Phi) is 16.1. The summed E-state index contributed by atoms with van der Waals surface area (Å²) in [5.74, 6) is 1.11. The number of unbranched alkanes of at least 4 members (excludes halogenated alkanes) is 12. The van der Waals surface area contributed by atoms with Gasteiger partial charge in [-0.15, -0.1) is 11.6 Å². The van der Waals surface area contributed by atoms with Crippen LogP contribution in [-0.4, -0.2) is 18.0 Å². The molecule has 0 bridgehead atoms. The van der Waals surface area contributed by atoms with Gasteiger partial charge in [0.1, 0.15) is 16.9 Å². The van der Waals surface area contributed by atoms with E-state index in [0.717, 1.165) is 36.3 Å². The molecule has 37 heavy (non-hydrogen) atoms. The minimum absolute atomic E-state index is 0.0821. The van der Waals surface area contributed by atoms with Crippen LogP contribution in [0.1, 0.15) is 111 Å². The van der Waals surface area contributed by atoms with Crippen LogP contribution >= 0.6 is 11.6 Å². The summed E-state index contributed by atoms with van der Waals surface area (Å²) in [6, 6.07) is 15.7. The Morgan fingerprint density at radius 2 is 1.11 bits per heavy atom. The Labute approximate surface area is 231 Å². The first-order valence-corrected chi connectivity index (χ1v) is 15.2. The van der Waals surface area contributed by atoms with Gasteiger partial charge in [0.05, 0.1) is 6.61 Å². The molecule has 3 nitrogen and oxygen atoms in total. The molecule has 0 aromatic heterocycles. The smallest absolute Gasteiger partial charge is 0.329 e. The maximum atomic E-state index is 12.2. The Balaban J connectivity index is 1.57. The van der Waals surface area contributed by atoms with Crippen molar-refractivity contribution in [3.8, 4) is 22.6 Å². The lowest BCUT2D eigenvalue weighted by Crippen LogP contribution is -2.26. The third kappa shape index (κ3) is 12.9. The van der Waals surface area contributed by atoms with Crippen LogP contribution in [0.15, 0.2) is 48.5 Å². The molecule has 0 saturated heterocycles. The first kappa shape index (κ1) is 31.2. The minimum atomic E-state index is -0.628. The zero-order valence-electron chi connectivity index (χ0n) is 23.5. The van der Waals surface area contributed by atoms with Crippen molar-refractivity contribution in [2.24, 2.45) is 5.92 Å². The highest BCUT2D eigenvalue weighted by atomic mass is 35.5. The number of esters is 1. The number of carbonyl (C=O) groups excluding carboxylic acids is 1. The van der Waals surface area contributed by atoms with E-state index < -0.39 is 11.3 Å². The minimum Gasteiger partial charge on any atom is -0.494 e. The van der Waals surface area contributed by atoms with Gasteiger partial charge in [-0.3, -0.25) is 4.79 Å². The summed E-state index contributed by atoms with van der Waals surface area (Å²) >= 11 is 6.19. The molecule has 0 aliphatic heterocycles. The van der Waals surface area contributed by atoms with Crippen LogP contribution in [0.4, 0.5) is 0 Å². The second-order valence-corrected chi connectivity index (χ2v) is 10.8. The van der Waals surface area contributed by atoms with Crippen molar-refractivity contribution >= 4 is 17.6 Å². The fourth-order valence-corrected chi connectivity index (χ4v) is 4.60. The highest BCUT2D eigenvalue weighted by Gasteiger charge is 2.23. The maximum Gasteiger partial charge on any atom is 0.329 e. The van der Waals surface area contributed by atoms with E-state index >= 15 is 0 Å². The summed E-state index contributed by atoms with van der Waals surface area (Å²) in [5, 5.41) is -0.628. The lowest BCUT2D eigenvalue weighted by Gasteiger charge is -2.15. The van der Waals surface area contributed by atoms with Gasteiger partial charge >= 0.3 is 5.97 Å². The molecule has 2 aromatic carbocycles. The van der Waals surface area contributed by atoms with E-state index in [1.807, 2.05) is 50.2 Å². The lowest BCUT2D eigenvalue weighted by atomic mass is 10.0. The summed E-state index contributed by atoms with van der Waals surface area (Å²) in [7, 11) is 0. The van der Waals surface area contributed by atoms with Crippen LogP contribution in [0.5, 0.6) is 11.5 Å². The van der Waals surface area contributed by atoms with Crippen LogP contribution in [0.3, 0.4) is 0 Å². The van der Waals surface area contributed by atoms with Gasteiger partial charge in [-0.25, -0.2) is 0 Å². The number of halogens is 1. The zero-order valence-corrected chi connectivity index (χ0v) is 24.2. The van der Waals surface area contributed by atoms with E-state index in [1.54, 1.807) is 0 Å². The number of ether oxygens (including phenoxy) is 2. The van der Waals surface area contributed by atoms with Gasteiger partial charge in [0.25, 0.3) is 0 Å². The lowest BCUT2D eigenvalue weighted by molar-refractivity contribution is -0.134. The van der Waals surface area contributed by atoms with Gasteiger partial charge in [0.15, 0.2) is 0 Å². The zero-order chi connectivity index (χ0) is 26.7. The molecule has 0 amide bonds. The predicted octanol–water partition coefficient (Wildman–Crippen LogP) is 10.4. The molecular weight excluding hydrogens is 480 g/mol. The number of rotatable bonds is 20. The molecule has 2 rings (SSSR count). The normalized spacial score (nSPS) is 12.8. The third-order valence-electron chi connectivity index (χ3n) is 7.15. The summed E-state index contributed by atoms with van der Waals surface area (Å²) in [6.45, 7) is 7.02. The van der Waals surface area contributed by atoms with Crippen LogP contribution in [-0.2, 0) is 4.79 Å². The fraction of sp³-hybridized carbons (Fsp3) is 0.606. The topological polar surface area (TPSA) is 35.5 Å². The molecule has 0 N–H and O–H groups in total. The van der Waals surface area contributed by atoms with E-state index in [-0.39, 0.29) is 5.92 Å². The van der Waals surface area contributed by atoms with E-state index in [4.69, 9.17) is 21.1 Å². The number of carbonyl (C=O) groups is 1. The van der Waals surface area contributed by atoms with Gasteiger partial charge in [-0.05, 0) is 47.7 Å². The third-order valence-corrected chi connectivity index (χ3v) is 7.75. The molecule has 206 valence electrons. The van der Waals surface area contributed by atoms with Crippen LogP contribution in [0.25, 0.3) is 11.1 Å². The highest BCUT2D eigenvalue weighted by molar-refractivity contribution is 6.30. The monoisotopic (exact) mass is 528 g/mol. The summed E-state index contributed by atoms with van der Waals surface area (Å²) in [6.07, 6.45) is 18.5. The van der Waals surface area contributed by atoms with Crippen LogP contribution in [0.2, 0.25) is 0 Å². The second-order valence-electron chi connectivity index (χ2n) is 10.3. The molecule has 0 spiro atoms. The average Bonchev–Trinajstić information content (AvgIpc) is 2.93.